The number of piperidine rings is 2. The van der Waals surface area contributed by atoms with Crippen molar-refractivity contribution >= 4 is 11.8 Å². The van der Waals surface area contributed by atoms with Gasteiger partial charge in [-0.15, -0.1) is 0 Å². The minimum atomic E-state index is -0.766. The zero-order valence-electron chi connectivity index (χ0n) is 19.0. The minimum absolute atomic E-state index is 0.0323. The molecule has 1 aromatic carbocycles. The number of likely N-dealkylation sites (tertiary alicyclic amines) is 1. The van der Waals surface area contributed by atoms with Gasteiger partial charge in [0, 0.05) is 37.0 Å². The second kappa shape index (κ2) is 8.23. The molecule has 0 radical (unpaired) electrons. The molecule has 0 spiro atoms. The summed E-state index contributed by atoms with van der Waals surface area (Å²) in [6.07, 6.45) is 8.26. The summed E-state index contributed by atoms with van der Waals surface area (Å²) in [6.45, 7) is 5.97. The lowest BCUT2D eigenvalue weighted by atomic mass is 9.57. The highest BCUT2D eigenvalue weighted by Gasteiger charge is 2.70. The molecule has 5 unspecified atom stereocenters. The van der Waals surface area contributed by atoms with E-state index in [9.17, 15) is 9.59 Å². The molecule has 2 N–H and O–H groups in total. The highest BCUT2D eigenvalue weighted by molar-refractivity contribution is 5.97. The molecule has 3 aliphatic heterocycles. The van der Waals surface area contributed by atoms with Crippen molar-refractivity contribution in [1.82, 2.24) is 15.5 Å². The van der Waals surface area contributed by atoms with Gasteiger partial charge >= 0.3 is 0 Å². The number of nitrogens with zero attached hydrogens (tertiary/aromatic N) is 1. The van der Waals surface area contributed by atoms with Crippen LogP contribution in [0.25, 0.3) is 0 Å². The third-order valence-electron chi connectivity index (χ3n) is 8.49. The summed E-state index contributed by atoms with van der Waals surface area (Å²) in [5.41, 5.74) is 0.329. The minimum Gasteiger partial charge on any atom is -0.350 e. The Hall–Kier alpha value is -1.88. The van der Waals surface area contributed by atoms with Crippen LogP contribution in [0.5, 0.6) is 0 Å². The lowest BCUT2D eigenvalue weighted by Gasteiger charge is -2.56. The molecule has 1 aromatic rings. The van der Waals surface area contributed by atoms with E-state index in [1.54, 1.807) is 0 Å². The lowest BCUT2D eigenvalue weighted by Crippen LogP contribution is -2.78. The summed E-state index contributed by atoms with van der Waals surface area (Å²) in [5, 5.41) is 6.53. The van der Waals surface area contributed by atoms with Gasteiger partial charge in [-0.05, 0) is 43.1 Å². The van der Waals surface area contributed by atoms with Crippen molar-refractivity contribution in [2.45, 2.75) is 83.0 Å². The first kappa shape index (κ1) is 21.0. The highest BCUT2D eigenvalue weighted by Crippen LogP contribution is 2.55. The third kappa shape index (κ3) is 3.49. The predicted octanol–water partition coefficient (Wildman–Crippen LogP) is 3.49. The van der Waals surface area contributed by atoms with Gasteiger partial charge in [-0.3, -0.25) is 14.5 Å². The monoisotopic (exact) mass is 423 g/mol. The van der Waals surface area contributed by atoms with E-state index >= 15 is 0 Å². The zero-order chi connectivity index (χ0) is 21.6. The van der Waals surface area contributed by atoms with Crippen LogP contribution in [-0.2, 0) is 16.1 Å². The van der Waals surface area contributed by atoms with Crippen LogP contribution in [0.3, 0.4) is 0 Å². The van der Waals surface area contributed by atoms with Gasteiger partial charge < -0.3 is 10.6 Å². The van der Waals surface area contributed by atoms with Crippen molar-refractivity contribution in [3.63, 3.8) is 0 Å². The normalized spacial score (nSPS) is 35.4. The summed E-state index contributed by atoms with van der Waals surface area (Å²) in [6, 6.07) is 10.8. The fourth-order valence-electron chi connectivity index (χ4n) is 7.26. The second-order valence-electron chi connectivity index (χ2n) is 10.8. The SMILES string of the molecule is CC(C)CC1C2CC3CN(C4CCCCC4)C1C3(C(=O)NCc1ccccc1)NC2=O. The first-order valence-electron chi connectivity index (χ1n) is 12.4. The summed E-state index contributed by atoms with van der Waals surface area (Å²) in [4.78, 5) is 29.7. The van der Waals surface area contributed by atoms with Crippen molar-refractivity contribution in [2.75, 3.05) is 6.54 Å². The number of nitrogens with one attached hydrogen (secondary N) is 2. The quantitative estimate of drug-likeness (QED) is 0.736. The Morgan fingerprint density at radius 1 is 1.19 bits per heavy atom. The van der Waals surface area contributed by atoms with Crippen LogP contribution in [0.4, 0.5) is 0 Å². The van der Waals surface area contributed by atoms with E-state index in [1.807, 2.05) is 30.3 Å². The summed E-state index contributed by atoms with van der Waals surface area (Å²) in [7, 11) is 0. The maximum absolute atomic E-state index is 13.9. The van der Waals surface area contributed by atoms with Crippen LogP contribution in [0.15, 0.2) is 30.3 Å². The van der Waals surface area contributed by atoms with Gasteiger partial charge in [-0.25, -0.2) is 0 Å². The van der Waals surface area contributed by atoms with Crippen molar-refractivity contribution < 1.29 is 9.59 Å². The second-order valence-corrected chi connectivity index (χ2v) is 10.8. The van der Waals surface area contributed by atoms with E-state index in [0.717, 1.165) is 24.9 Å². The lowest BCUT2D eigenvalue weighted by molar-refractivity contribution is -0.155. The molecule has 3 heterocycles. The molecule has 3 saturated heterocycles. The van der Waals surface area contributed by atoms with E-state index < -0.39 is 5.54 Å². The molecule has 31 heavy (non-hydrogen) atoms. The van der Waals surface area contributed by atoms with Gasteiger partial charge in [0.25, 0.3) is 0 Å². The van der Waals surface area contributed by atoms with Crippen LogP contribution in [-0.4, -0.2) is 40.9 Å². The number of hydrogen-bond acceptors (Lipinski definition) is 3. The Balaban J connectivity index is 1.47. The first-order valence-corrected chi connectivity index (χ1v) is 12.4. The van der Waals surface area contributed by atoms with Crippen molar-refractivity contribution in [3.05, 3.63) is 35.9 Å². The average Bonchev–Trinajstić information content (AvgIpc) is 3.02. The number of benzene rings is 1. The third-order valence-corrected chi connectivity index (χ3v) is 8.49. The van der Waals surface area contributed by atoms with Crippen LogP contribution in [0.1, 0.15) is 64.4 Å². The van der Waals surface area contributed by atoms with Crippen LogP contribution in [0.2, 0.25) is 0 Å². The van der Waals surface area contributed by atoms with E-state index in [4.69, 9.17) is 0 Å². The molecule has 5 nitrogen and oxygen atoms in total. The van der Waals surface area contributed by atoms with Gasteiger partial charge in [0.05, 0.1) is 0 Å². The van der Waals surface area contributed by atoms with E-state index in [0.29, 0.717) is 18.5 Å². The van der Waals surface area contributed by atoms with Gasteiger partial charge in [0.15, 0.2) is 0 Å². The van der Waals surface area contributed by atoms with Gasteiger partial charge in [-0.1, -0.05) is 63.4 Å². The maximum Gasteiger partial charge on any atom is 0.248 e. The molecule has 2 saturated carbocycles. The van der Waals surface area contributed by atoms with Crippen molar-refractivity contribution in [2.24, 2.45) is 23.7 Å². The van der Waals surface area contributed by atoms with Crippen molar-refractivity contribution in [1.29, 1.82) is 0 Å². The Kier molecular flexibility index (Phi) is 5.58. The fraction of sp³-hybridized carbons (Fsp3) is 0.692. The largest absolute Gasteiger partial charge is 0.350 e. The summed E-state index contributed by atoms with van der Waals surface area (Å²) < 4.78 is 0. The van der Waals surface area contributed by atoms with Gasteiger partial charge in [-0.2, -0.15) is 0 Å². The van der Waals surface area contributed by atoms with Gasteiger partial charge in [0.2, 0.25) is 11.8 Å². The van der Waals surface area contributed by atoms with E-state index in [-0.39, 0.29) is 35.6 Å². The molecule has 4 bridgehead atoms. The van der Waals surface area contributed by atoms with Crippen LogP contribution >= 0.6 is 0 Å². The molecule has 0 aromatic heterocycles. The van der Waals surface area contributed by atoms with Crippen LogP contribution in [0, 0.1) is 23.7 Å². The first-order chi connectivity index (χ1) is 15.0. The molecule has 5 fully saturated rings. The van der Waals surface area contributed by atoms with E-state index in [1.165, 1.54) is 32.1 Å². The Labute approximate surface area is 186 Å². The summed E-state index contributed by atoms with van der Waals surface area (Å²) >= 11 is 0. The summed E-state index contributed by atoms with van der Waals surface area (Å²) in [5.74, 6) is 1.23. The van der Waals surface area contributed by atoms with E-state index in [2.05, 4.69) is 29.4 Å². The Morgan fingerprint density at radius 3 is 2.65 bits per heavy atom. The molecular weight excluding hydrogens is 386 g/mol. The smallest absolute Gasteiger partial charge is 0.248 e. The molecule has 6 rings (SSSR count). The number of fused-ring (bicyclic) bond motifs is 1. The zero-order valence-corrected chi connectivity index (χ0v) is 19.0. The molecule has 168 valence electrons. The van der Waals surface area contributed by atoms with Crippen LogP contribution < -0.4 is 10.6 Å². The number of rotatable bonds is 6. The number of carbonyl (C=O) groups excluding carboxylic acids is 2. The predicted molar refractivity (Wildman–Crippen MR) is 121 cm³/mol. The Morgan fingerprint density at radius 2 is 1.94 bits per heavy atom. The number of amides is 2. The number of carbonyl (C=O) groups is 2. The number of hydrogen-bond donors (Lipinski definition) is 2. The molecule has 2 amide bonds. The topological polar surface area (TPSA) is 61.4 Å². The molecule has 5 heteroatoms. The van der Waals surface area contributed by atoms with Crippen molar-refractivity contribution in [3.8, 4) is 0 Å². The standard InChI is InChI=1S/C26H37N3O2/c1-17(2)13-21-22-14-19-16-29(20-11-7-4-8-12-20)23(21)26(19,28-24(22)30)25(31)27-15-18-9-5-3-6-10-18/h3,5-6,9-10,17,19-23H,4,7-8,11-16H2,1-2H3,(H,27,31)(H,28,30). The molecule has 2 aliphatic carbocycles. The molecular formula is C26H37N3O2. The average molecular weight is 424 g/mol. The Bertz CT molecular complexity index is 819. The maximum atomic E-state index is 13.9. The van der Waals surface area contributed by atoms with Gasteiger partial charge in [0.1, 0.15) is 5.54 Å². The highest BCUT2D eigenvalue weighted by atomic mass is 16.2. The fourth-order valence-corrected chi connectivity index (χ4v) is 7.26. The molecule has 5 atom stereocenters. The molecule has 5 aliphatic rings.